The van der Waals surface area contributed by atoms with Crippen LogP contribution in [0.2, 0.25) is 5.02 Å². The molecule has 0 aliphatic rings. The zero-order valence-corrected chi connectivity index (χ0v) is 15.2. The third-order valence-electron chi connectivity index (χ3n) is 3.27. The minimum atomic E-state index is -0.574. The van der Waals surface area contributed by atoms with Gasteiger partial charge in [0.05, 0.1) is 4.92 Å². The first-order valence-corrected chi connectivity index (χ1v) is 7.62. The molecule has 1 aromatic carbocycles. The van der Waals surface area contributed by atoms with Crippen molar-refractivity contribution in [3.05, 3.63) is 63.9 Å². The lowest BCUT2D eigenvalue weighted by molar-refractivity contribution is -0.697. The number of benzene rings is 1. The Bertz CT molecular complexity index is 698. The minimum absolute atomic E-state index is 0. The highest BCUT2D eigenvalue weighted by Crippen LogP contribution is 2.27. The first-order chi connectivity index (χ1) is 11.1. The van der Waals surface area contributed by atoms with E-state index in [1.54, 1.807) is 6.07 Å². The molecule has 1 heterocycles. The van der Waals surface area contributed by atoms with Crippen molar-refractivity contribution in [1.29, 1.82) is 0 Å². The molecule has 0 spiro atoms. The molecule has 2 rings (SSSR count). The lowest BCUT2D eigenvalue weighted by Crippen LogP contribution is -3.00. The zero-order valence-electron chi connectivity index (χ0n) is 12.8. The van der Waals surface area contributed by atoms with Gasteiger partial charge in [-0.2, -0.15) is 0 Å². The van der Waals surface area contributed by atoms with Crippen molar-refractivity contribution in [1.82, 2.24) is 0 Å². The fourth-order valence-electron chi connectivity index (χ4n) is 2.12. The van der Waals surface area contributed by atoms with Gasteiger partial charge in [-0.1, -0.05) is 17.7 Å². The topological polar surface area (TPSA) is 76.1 Å². The number of nitro groups is 1. The van der Waals surface area contributed by atoms with Crippen molar-refractivity contribution in [3.8, 4) is 0 Å². The maximum atomic E-state index is 11.9. The molecule has 0 saturated carbocycles. The molecule has 128 valence electrons. The maximum Gasteiger partial charge on any atom is 0.289 e. The smallest absolute Gasteiger partial charge is 0.289 e. The van der Waals surface area contributed by atoms with E-state index in [0.29, 0.717) is 12.1 Å². The number of amides is 1. The molecule has 0 radical (unpaired) electrons. The highest BCUT2D eigenvalue weighted by atomic mass is 79.9. The Hall–Kier alpha value is -1.99. The fourth-order valence-corrected chi connectivity index (χ4v) is 2.30. The molecule has 8 heteroatoms. The summed E-state index contributed by atoms with van der Waals surface area (Å²) in [6, 6.07) is 10.1. The van der Waals surface area contributed by atoms with Gasteiger partial charge in [-0.05, 0) is 18.6 Å². The molecule has 1 amide bonds. The number of aryl methyl sites for hydroxylation is 1. The Labute approximate surface area is 155 Å². The zero-order chi connectivity index (χ0) is 16.7. The predicted molar refractivity (Wildman–Crippen MR) is 87.2 cm³/mol. The van der Waals surface area contributed by atoms with Crippen molar-refractivity contribution in [2.24, 2.45) is 0 Å². The van der Waals surface area contributed by atoms with Gasteiger partial charge in [0.1, 0.15) is 11.6 Å². The van der Waals surface area contributed by atoms with E-state index in [1.807, 2.05) is 30.6 Å². The lowest BCUT2D eigenvalue weighted by atomic mass is 10.2. The Kier molecular flexibility index (Phi) is 8.35. The Balaban J connectivity index is 0.00000288. The van der Waals surface area contributed by atoms with E-state index in [1.165, 1.54) is 12.1 Å². The van der Waals surface area contributed by atoms with Gasteiger partial charge in [-0.15, -0.1) is 0 Å². The molecule has 0 bridgehead atoms. The van der Waals surface area contributed by atoms with Crippen LogP contribution in [0.15, 0.2) is 48.8 Å². The van der Waals surface area contributed by atoms with Crippen LogP contribution in [-0.2, 0) is 11.3 Å². The quantitative estimate of drug-likeness (QED) is 0.307. The third kappa shape index (κ3) is 6.25. The van der Waals surface area contributed by atoms with Crippen LogP contribution in [0.25, 0.3) is 0 Å². The summed E-state index contributed by atoms with van der Waals surface area (Å²) in [7, 11) is 0. The van der Waals surface area contributed by atoms with Gasteiger partial charge >= 0.3 is 0 Å². The number of nitrogens with one attached hydrogen (secondary N) is 1. The normalized spacial score (nSPS) is 9.88. The standard InChI is InChI=1S/C16H16ClN3O3.BrH/c17-14-8-7-13(12-15(14)20(22)23)18-16(21)6-2-5-11-19-9-3-1-4-10-19;/h1,3-4,7-10,12H,2,5-6,11H2;1H. The van der Waals surface area contributed by atoms with Gasteiger partial charge in [0, 0.05) is 36.7 Å². The number of halogens is 2. The second-order valence-electron chi connectivity index (χ2n) is 5.04. The molecule has 6 nitrogen and oxygen atoms in total. The number of carbonyl (C=O) groups excluding carboxylic acids is 1. The van der Waals surface area contributed by atoms with Gasteiger partial charge in [0.2, 0.25) is 5.91 Å². The fraction of sp³-hybridized carbons (Fsp3) is 0.250. The molecule has 0 fully saturated rings. The van der Waals surface area contributed by atoms with Gasteiger partial charge in [0.15, 0.2) is 12.4 Å². The summed E-state index contributed by atoms with van der Waals surface area (Å²) in [5.74, 6) is -0.167. The summed E-state index contributed by atoms with van der Waals surface area (Å²) in [5, 5.41) is 13.5. The molecule has 0 atom stereocenters. The molecular formula is C16H17BrClN3O3. The van der Waals surface area contributed by atoms with Crippen molar-refractivity contribution in [3.63, 3.8) is 0 Å². The molecule has 24 heavy (non-hydrogen) atoms. The first-order valence-electron chi connectivity index (χ1n) is 7.24. The van der Waals surface area contributed by atoms with E-state index in [-0.39, 0.29) is 33.6 Å². The number of hydrogen-bond acceptors (Lipinski definition) is 3. The number of rotatable bonds is 7. The molecule has 1 aromatic heterocycles. The van der Waals surface area contributed by atoms with Crippen LogP contribution in [0, 0.1) is 10.1 Å². The number of anilines is 1. The molecule has 1 N–H and O–H groups in total. The largest absolute Gasteiger partial charge is 1.00 e. The molecular weight excluding hydrogens is 398 g/mol. The molecule has 0 aliphatic heterocycles. The van der Waals surface area contributed by atoms with Crippen LogP contribution in [-0.4, -0.2) is 10.8 Å². The van der Waals surface area contributed by atoms with Crippen molar-refractivity contribution >= 4 is 28.9 Å². The number of carbonyl (C=O) groups is 1. The summed E-state index contributed by atoms with van der Waals surface area (Å²) < 4.78 is 2.06. The van der Waals surface area contributed by atoms with E-state index in [9.17, 15) is 14.9 Å². The second kappa shape index (κ2) is 10.00. The number of pyridine rings is 1. The first kappa shape index (κ1) is 20.1. The van der Waals surface area contributed by atoms with Crippen LogP contribution >= 0.6 is 11.6 Å². The van der Waals surface area contributed by atoms with Crippen LogP contribution in [0.3, 0.4) is 0 Å². The number of nitrogens with zero attached hydrogens (tertiary/aromatic N) is 2. The molecule has 0 aliphatic carbocycles. The second-order valence-corrected chi connectivity index (χ2v) is 5.45. The number of unbranched alkanes of at least 4 members (excludes halogenated alkanes) is 1. The Morgan fingerprint density at radius 3 is 2.58 bits per heavy atom. The average Bonchev–Trinajstić information content (AvgIpc) is 2.54. The van der Waals surface area contributed by atoms with Gasteiger partial charge in [0.25, 0.3) is 5.69 Å². The lowest BCUT2D eigenvalue weighted by Gasteiger charge is -2.05. The number of nitro benzene ring substituents is 1. The van der Waals surface area contributed by atoms with E-state index < -0.39 is 4.92 Å². The maximum absolute atomic E-state index is 11.9. The van der Waals surface area contributed by atoms with Crippen LogP contribution in [0.5, 0.6) is 0 Å². The Morgan fingerprint density at radius 1 is 1.21 bits per heavy atom. The van der Waals surface area contributed by atoms with Crippen molar-refractivity contribution < 1.29 is 31.3 Å². The highest BCUT2D eigenvalue weighted by molar-refractivity contribution is 6.32. The monoisotopic (exact) mass is 413 g/mol. The average molecular weight is 415 g/mol. The highest BCUT2D eigenvalue weighted by Gasteiger charge is 2.13. The van der Waals surface area contributed by atoms with Crippen LogP contribution in [0.1, 0.15) is 19.3 Å². The number of hydrogen-bond donors (Lipinski definition) is 1. The Morgan fingerprint density at radius 2 is 1.92 bits per heavy atom. The van der Waals surface area contributed by atoms with E-state index in [2.05, 4.69) is 9.88 Å². The third-order valence-corrected chi connectivity index (χ3v) is 3.59. The van der Waals surface area contributed by atoms with Gasteiger partial charge < -0.3 is 22.3 Å². The molecule has 2 aromatic rings. The summed E-state index contributed by atoms with van der Waals surface area (Å²) >= 11 is 5.73. The van der Waals surface area contributed by atoms with E-state index in [4.69, 9.17) is 11.6 Å². The molecule has 0 unspecified atom stereocenters. The number of aromatic nitrogens is 1. The van der Waals surface area contributed by atoms with Crippen LogP contribution < -0.4 is 26.9 Å². The molecule has 0 saturated heterocycles. The summed E-state index contributed by atoms with van der Waals surface area (Å²) in [6.07, 6.45) is 5.94. The predicted octanol–water partition coefficient (Wildman–Crippen LogP) is 0.349. The van der Waals surface area contributed by atoms with Gasteiger partial charge in [-0.3, -0.25) is 14.9 Å². The van der Waals surface area contributed by atoms with Crippen molar-refractivity contribution in [2.45, 2.75) is 25.8 Å². The van der Waals surface area contributed by atoms with E-state index in [0.717, 1.165) is 19.4 Å². The summed E-state index contributed by atoms with van der Waals surface area (Å²) in [4.78, 5) is 22.1. The van der Waals surface area contributed by atoms with Gasteiger partial charge in [-0.25, -0.2) is 4.57 Å². The van der Waals surface area contributed by atoms with Crippen LogP contribution in [0.4, 0.5) is 11.4 Å². The minimum Gasteiger partial charge on any atom is -1.00 e. The summed E-state index contributed by atoms with van der Waals surface area (Å²) in [5.41, 5.74) is 0.161. The SMILES string of the molecule is O=C(CCCC[n+]1ccccc1)Nc1ccc(Cl)c([N+](=O)[O-])c1.[Br-]. The summed E-state index contributed by atoms with van der Waals surface area (Å²) in [6.45, 7) is 0.848. The van der Waals surface area contributed by atoms with Crippen molar-refractivity contribution in [2.75, 3.05) is 5.32 Å². The van der Waals surface area contributed by atoms with E-state index >= 15 is 0 Å².